The third kappa shape index (κ3) is 5.60. The molecule has 0 spiro atoms. The van der Waals surface area contributed by atoms with E-state index in [1.807, 2.05) is 36.4 Å². The van der Waals surface area contributed by atoms with Crippen molar-refractivity contribution in [2.75, 3.05) is 20.0 Å². The molecule has 1 N–H and O–H groups in total. The van der Waals surface area contributed by atoms with E-state index in [0.29, 0.717) is 29.0 Å². The molecule has 0 aliphatic heterocycles. The Bertz CT molecular complexity index is 1350. The number of esters is 1. The van der Waals surface area contributed by atoms with Gasteiger partial charge in [-0.05, 0) is 59.2 Å². The number of phenols is 1. The second kappa shape index (κ2) is 10.7. The maximum atomic E-state index is 13.0. The van der Waals surface area contributed by atoms with Crippen LogP contribution in [0.5, 0.6) is 11.5 Å². The standard InChI is InChI=1S/C29H34O5Si/c1-5-33-29(31)24-15-14-20-10-6-8-12-22(20)26(24)27-23-13-9-7-11-21(23)18-25(28(27)30)34-19-32-16-17-35(2,3)4/h7,9-15,18,30H,5-6,8,16-17,19H2,1-4H3. The Labute approximate surface area is 207 Å². The van der Waals surface area contributed by atoms with Crippen molar-refractivity contribution in [3.8, 4) is 22.6 Å². The fraction of sp³-hybridized carbons (Fsp3) is 0.345. The predicted molar refractivity (Wildman–Crippen MR) is 144 cm³/mol. The molecule has 0 bridgehead atoms. The van der Waals surface area contributed by atoms with Crippen molar-refractivity contribution in [2.24, 2.45) is 0 Å². The molecule has 0 aromatic heterocycles. The average molecular weight is 491 g/mol. The SMILES string of the molecule is CCOC(=O)c1ccc2c(c1-c1c(O)c(OCOCC[Si](C)(C)C)cc3ccccc13)=CCCC=2. The van der Waals surface area contributed by atoms with Gasteiger partial charge in [0.25, 0.3) is 0 Å². The van der Waals surface area contributed by atoms with Crippen molar-refractivity contribution >= 4 is 37.0 Å². The van der Waals surface area contributed by atoms with Gasteiger partial charge in [-0.15, -0.1) is 0 Å². The Kier molecular flexibility index (Phi) is 7.62. The van der Waals surface area contributed by atoms with E-state index in [2.05, 4.69) is 31.8 Å². The minimum absolute atomic E-state index is 0.00424. The number of carbonyl (C=O) groups is 1. The number of phenolic OH excluding ortho intramolecular Hbond substituents is 1. The van der Waals surface area contributed by atoms with Crippen LogP contribution in [0.1, 0.15) is 30.1 Å². The van der Waals surface area contributed by atoms with Crippen LogP contribution >= 0.6 is 0 Å². The Morgan fingerprint density at radius 1 is 1.03 bits per heavy atom. The lowest BCUT2D eigenvalue weighted by Crippen LogP contribution is -2.31. The maximum Gasteiger partial charge on any atom is 0.338 e. The Balaban J connectivity index is 1.85. The van der Waals surface area contributed by atoms with Gasteiger partial charge >= 0.3 is 5.97 Å². The Morgan fingerprint density at radius 2 is 1.80 bits per heavy atom. The van der Waals surface area contributed by atoms with Crippen LogP contribution in [-0.4, -0.2) is 39.2 Å². The van der Waals surface area contributed by atoms with Gasteiger partial charge in [0.15, 0.2) is 18.3 Å². The van der Waals surface area contributed by atoms with Crippen LogP contribution in [-0.2, 0) is 9.47 Å². The van der Waals surface area contributed by atoms with Crippen molar-refractivity contribution in [3.63, 3.8) is 0 Å². The maximum absolute atomic E-state index is 13.0. The molecule has 5 nitrogen and oxygen atoms in total. The zero-order valence-corrected chi connectivity index (χ0v) is 22.0. The van der Waals surface area contributed by atoms with Gasteiger partial charge in [0.1, 0.15) is 0 Å². The lowest BCUT2D eigenvalue weighted by molar-refractivity contribution is 0.0207. The first-order valence-corrected chi connectivity index (χ1v) is 16.0. The molecule has 0 heterocycles. The zero-order chi connectivity index (χ0) is 25.0. The van der Waals surface area contributed by atoms with E-state index in [9.17, 15) is 9.90 Å². The second-order valence-corrected chi connectivity index (χ2v) is 15.6. The van der Waals surface area contributed by atoms with E-state index in [4.69, 9.17) is 14.2 Å². The summed E-state index contributed by atoms with van der Waals surface area (Å²) in [6.07, 6.45) is 6.11. The van der Waals surface area contributed by atoms with E-state index in [-0.39, 0.29) is 19.1 Å². The molecule has 0 unspecified atom stereocenters. The molecule has 184 valence electrons. The molecule has 0 radical (unpaired) electrons. The van der Waals surface area contributed by atoms with Gasteiger partial charge < -0.3 is 19.3 Å². The predicted octanol–water partition coefficient (Wildman–Crippen LogP) is 5.44. The van der Waals surface area contributed by atoms with E-state index in [1.165, 1.54) is 0 Å². The molecular weight excluding hydrogens is 456 g/mol. The molecule has 35 heavy (non-hydrogen) atoms. The molecule has 1 aliphatic rings. The fourth-order valence-electron chi connectivity index (χ4n) is 4.36. The molecular formula is C29H34O5Si. The van der Waals surface area contributed by atoms with Crippen molar-refractivity contribution in [3.05, 3.63) is 58.5 Å². The molecule has 6 heteroatoms. The number of hydrogen-bond donors (Lipinski definition) is 1. The van der Waals surface area contributed by atoms with Gasteiger partial charge in [-0.2, -0.15) is 0 Å². The van der Waals surface area contributed by atoms with Gasteiger partial charge in [-0.1, -0.05) is 62.1 Å². The lowest BCUT2D eigenvalue weighted by Gasteiger charge is -2.19. The summed E-state index contributed by atoms with van der Waals surface area (Å²) < 4.78 is 17.0. The summed E-state index contributed by atoms with van der Waals surface area (Å²) in [5.41, 5.74) is 1.68. The first-order chi connectivity index (χ1) is 16.8. The first kappa shape index (κ1) is 25.0. The summed E-state index contributed by atoms with van der Waals surface area (Å²) >= 11 is 0. The average Bonchev–Trinajstić information content (AvgIpc) is 2.83. The zero-order valence-electron chi connectivity index (χ0n) is 21.0. The van der Waals surface area contributed by atoms with E-state index >= 15 is 0 Å². The topological polar surface area (TPSA) is 65.0 Å². The summed E-state index contributed by atoms with van der Waals surface area (Å²) in [5, 5.41) is 15.2. The monoisotopic (exact) mass is 490 g/mol. The molecule has 0 saturated heterocycles. The van der Waals surface area contributed by atoms with E-state index in [0.717, 1.165) is 40.1 Å². The molecule has 0 atom stereocenters. The van der Waals surface area contributed by atoms with Crippen LogP contribution in [0.4, 0.5) is 0 Å². The number of carbonyl (C=O) groups excluding carboxylic acids is 1. The highest BCUT2D eigenvalue weighted by Crippen LogP contribution is 2.43. The molecule has 4 rings (SSSR count). The number of ether oxygens (including phenoxy) is 3. The number of aromatic hydroxyl groups is 1. The summed E-state index contributed by atoms with van der Waals surface area (Å²) in [6, 6.07) is 14.4. The van der Waals surface area contributed by atoms with Crippen LogP contribution in [0.2, 0.25) is 25.7 Å². The third-order valence-electron chi connectivity index (χ3n) is 6.19. The van der Waals surface area contributed by atoms with Crippen LogP contribution in [0, 0.1) is 0 Å². The molecule has 3 aromatic carbocycles. The summed E-state index contributed by atoms with van der Waals surface area (Å²) in [7, 11) is -1.21. The number of hydrogen-bond acceptors (Lipinski definition) is 5. The molecule has 0 fully saturated rings. The first-order valence-electron chi connectivity index (χ1n) is 12.3. The number of rotatable bonds is 9. The largest absolute Gasteiger partial charge is 0.504 e. The summed E-state index contributed by atoms with van der Waals surface area (Å²) in [6.45, 7) is 9.64. The fourth-order valence-corrected chi connectivity index (χ4v) is 5.12. The van der Waals surface area contributed by atoms with Crippen molar-refractivity contribution in [2.45, 2.75) is 45.5 Å². The smallest absolute Gasteiger partial charge is 0.338 e. The van der Waals surface area contributed by atoms with Crippen molar-refractivity contribution in [1.29, 1.82) is 0 Å². The highest BCUT2D eigenvalue weighted by Gasteiger charge is 2.23. The van der Waals surface area contributed by atoms with E-state index < -0.39 is 14.0 Å². The van der Waals surface area contributed by atoms with Crippen LogP contribution < -0.4 is 15.2 Å². The normalized spacial score (nSPS) is 13.0. The highest BCUT2D eigenvalue weighted by molar-refractivity contribution is 6.76. The van der Waals surface area contributed by atoms with Gasteiger partial charge in [-0.3, -0.25) is 0 Å². The van der Waals surface area contributed by atoms with Crippen LogP contribution in [0.25, 0.3) is 34.1 Å². The van der Waals surface area contributed by atoms with Gasteiger partial charge in [0, 0.05) is 25.8 Å². The molecule has 0 amide bonds. The minimum atomic E-state index is -1.21. The van der Waals surface area contributed by atoms with Crippen LogP contribution in [0.3, 0.4) is 0 Å². The number of fused-ring (bicyclic) bond motifs is 2. The van der Waals surface area contributed by atoms with Crippen molar-refractivity contribution < 1.29 is 24.1 Å². The Hall–Kier alpha value is -3.09. The third-order valence-corrected chi connectivity index (χ3v) is 7.89. The summed E-state index contributed by atoms with van der Waals surface area (Å²) in [4.78, 5) is 13.0. The van der Waals surface area contributed by atoms with E-state index in [1.54, 1.807) is 13.0 Å². The quantitative estimate of drug-likeness (QED) is 0.187. The highest BCUT2D eigenvalue weighted by atomic mass is 28.3. The lowest BCUT2D eigenvalue weighted by atomic mass is 9.89. The van der Waals surface area contributed by atoms with Crippen molar-refractivity contribution in [1.82, 2.24) is 0 Å². The Morgan fingerprint density at radius 3 is 2.57 bits per heavy atom. The van der Waals surface area contributed by atoms with Crippen LogP contribution in [0.15, 0.2) is 42.5 Å². The molecule has 3 aromatic rings. The summed E-state index contributed by atoms with van der Waals surface area (Å²) in [5.74, 6) is -0.0805. The van der Waals surface area contributed by atoms with Gasteiger partial charge in [0.05, 0.1) is 12.2 Å². The molecule has 1 aliphatic carbocycles. The minimum Gasteiger partial charge on any atom is -0.504 e. The second-order valence-electron chi connectivity index (χ2n) is 10.00. The van der Waals surface area contributed by atoms with Gasteiger partial charge in [0.2, 0.25) is 0 Å². The molecule has 0 saturated carbocycles. The number of benzene rings is 3. The van der Waals surface area contributed by atoms with Gasteiger partial charge in [-0.25, -0.2) is 4.79 Å².